The SMILES string of the molecule is C=C[C@@H]1C[C@@]2(C(=O)N(Cc3ccc(OC)cc3)c3ccccc32)[C@H](c2ccco2)N1Cc1ccccc1. The van der Waals surface area contributed by atoms with Crippen LogP contribution in [-0.2, 0) is 23.3 Å². The molecule has 0 aliphatic carbocycles. The molecule has 0 saturated carbocycles. The third kappa shape index (κ3) is 3.78. The fourth-order valence-corrected chi connectivity index (χ4v) is 6.19. The van der Waals surface area contributed by atoms with Crippen molar-refractivity contribution >= 4 is 11.6 Å². The summed E-state index contributed by atoms with van der Waals surface area (Å²) >= 11 is 0. The normalized spacial score (nSPS) is 22.9. The quantitative estimate of drug-likeness (QED) is 0.286. The summed E-state index contributed by atoms with van der Waals surface area (Å²) in [7, 11) is 1.66. The summed E-state index contributed by atoms with van der Waals surface area (Å²) in [6.45, 7) is 5.36. The number of anilines is 1. The highest BCUT2D eigenvalue weighted by Crippen LogP contribution is 2.59. The Morgan fingerprint density at radius 2 is 1.68 bits per heavy atom. The number of nitrogens with zero attached hydrogens (tertiary/aromatic N) is 2. The number of carbonyl (C=O) groups excluding carboxylic acids is 1. The molecule has 5 heteroatoms. The van der Waals surface area contributed by atoms with Crippen LogP contribution in [0.5, 0.6) is 5.75 Å². The molecule has 6 rings (SSSR count). The van der Waals surface area contributed by atoms with E-state index in [1.54, 1.807) is 13.4 Å². The molecule has 0 unspecified atom stereocenters. The van der Waals surface area contributed by atoms with Crippen LogP contribution in [0.25, 0.3) is 0 Å². The molecule has 37 heavy (non-hydrogen) atoms. The predicted molar refractivity (Wildman–Crippen MR) is 144 cm³/mol. The maximum Gasteiger partial charge on any atom is 0.240 e. The van der Waals surface area contributed by atoms with E-state index in [2.05, 4.69) is 47.9 Å². The Labute approximate surface area is 217 Å². The van der Waals surface area contributed by atoms with Crippen molar-refractivity contribution in [1.29, 1.82) is 0 Å². The Kier molecular flexibility index (Phi) is 5.93. The molecule has 1 fully saturated rings. The number of furan rings is 1. The molecule has 4 aromatic rings. The van der Waals surface area contributed by atoms with Crippen LogP contribution in [0.1, 0.15) is 34.9 Å². The molecule has 0 bridgehead atoms. The lowest BCUT2D eigenvalue weighted by atomic mass is 9.73. The minimum absolute atomic E-state index is 0.00764. The Hall–Kier alpha value is -4.09. The van der Waals surface area contributed by atoms with Crippen molar-refractivity contribution in [2.24, 2.45) is 0 Å². The van der Waals surface area contributed by atoms with Gasteiger partial charge in [0.2, 0.25) is 5.91 Å². The number of hydrogen-bond acceptors (Lipinski definition) is 4. The lowest BCUT2D eigenvalue weighted by molar-refractivity contribution is -0.124. The van der Waals surface area contributed by atoms with Gasteiger partial charge in [0.1, 0.15) is 16.9 Å². The van der Waals surface area contributed by atoms with Gasteiger partial charge in [0.25, 0.3) is 0 Å². The van der Waals surface area contributed by atoms with Crippen LogP contribution in [0.3, 0.4) is 0 Å². The standard InChI is InChI=1S/C32H30N2O3/c1-3-25-20-32(30(29-14-9-19-37-29)33(25)21-23-10-5-4-6-11-23)27-12-7-8-13-28(27)34(31(32)35)22-24-15-17-26(36-2)18-16-24/h3-19,25,30H,1,20-22H2,2H3/t25-,30+,32+/m1/s1. The molecule has 2 aliphatic rings. The fraction of sp³-hybridized carbons (Fsp3) is 0.219. The maximum absolute atomic E-state index is 14.7. The summed E-state index contributed by atoms with van der Waals surface area (Å²) in [6.07, 6.45) is 4.32. The number of carbonyl (C=O) groups is 1. The number of hydrogen-bond donors (Lipinski definition) is 0. The number of para-hydroxylation sites is 1. The molecule has 1 spiro atoms. The molecule has 5 nitrogen and oxygen atoms in total. The van der Waals surface area contributed by atoms with E-state index in [-0.39, 0.29) is 18.0 Å². The first kappa shape index (κ1) is 23.3. The first-order valence-corrected chi connectivity index (χ1v) is 12.7. The molecule has 1 aromatic heterocycles. The van der Waals surface area contributed by atoms with Crippen molar-refractivity contribution in [3.8, 4) is 5.75 Å². The van der Waals surface area contributed by atoms with Gasteiger partial charge >= 0.3 is 0 Å². The second-order valence-corrected chi connectivity index (χ2v) is 9.81. The predicted octanol–water partition coefficient (Wildman–Crippen LogP) is 6.27. The van der Waals surface area contributed by atoms with Crippen LogP contribution in [-0.4, -0.2) is 24.0 Å². The Bertz CT molecular complexity index is 1400. The molecular formula is C32H30N2O3. The lowest BCUT2D eigenvalue weighted by Crippen LogP contribution is -2.44. The highest BCUT2D eigenvalue weighted by atomic mass is 16.5. The molecular weight excluding hydrogens is 460 g/mol. The Morgan fingerprint density at radius 1 is 0.946 bits per heavy atom. The van der Waals surface area contributed by atoms with E-state index >= 15 is 0 Å². The summed E-state index contributed by atoms with van der Waals surface area (Å²) in [6, 6.07) is 30.2. The van der Waals surface area contributed by atoms with E-state index in [1.807, 2.05) is 65.6 Å². The zero-order chi connectivity index (χ0) is 25.4. The molecule has 3 atom stereocenters. The van der Waals surface area contributed by atoms with Gasteiger partial charge in [-0.05, 0) is 53.4 Å². The zero-order valence-electron chi connectivity index (χ0n) is 20.9. The summed E-state index contributed by atoms with van der Waals surface area (Å²) in [5, 5.41) is 0. The topological polar surface area (TPSA) is 45.9 Å². The minimum Gasteiger partial charge on any atom is -0.497 e. The highest BCUT2D eigenvalue weighted by Gasteiger charge is 2.63. The van der Waals surface area contributed by atoms with Crippen LogP contribution in [0.15, 0.2) is 114 Å². The summed E-state index contributed by atoms with van der Waals surface area (Å²) in [5.41, 5.74) is 3.47. The van der Waals surface area contributed by atoms with Crippen LogP contribution in [0.2, 0.25) is 0 Å². The van der Waals surface area contributed by atoms with E-state index in [0.29, 0.717) is 19.5 Å². The number of ether oxygens (including phenoxy) is 1. The molecule has 186 valence electrons. The maximum atomic E-state index is 14.7. The third-order valence-electron chi connectivity index (χ3n) is 7.85. The number of methoxy groups -OCH3 is 1. The monoisotopic (exact) mass is 490 g/mol. The van der Waals surface area contributed by atoms with Gasteiger partial charge in [0.05, 0.1) is 26.0 Å². The first-order chi connectivity index (χ1) is 18.2. The third-order valence-corrected chi connectivity index (χ3v) is 7.85. The van der Waals surface area contributed by atoms with Crippen molar-refractivity contribution in [1.82, 2.24) is 4.90 Å². The average Bonchev–Trinajstić information content (AvgIpc) is 3.64. The van der Waals surface area contributed by atoms with Crippen molar-refractivity contribution in [3.05, 3.63) is 132 Å². The van der Waals surface area contributed by atoms with Crippen LogP contribution in [0.4, 0.5) is 5.69 Å². The fourth-order valence-electron chi connectivity index (χ4n) is 6.19. The highest BCUT2D eigenvalue weighted by molar-refractivity contribution is 6.09. The van der Waals surface area contributed by atoms with Gasteiger partial charge < -0.3 is 14.1 Å². The number of fused-ring (bicyclic) bond motifs is 2. The van der Waals surface area contributed by atoms with Gasteiger partial charge in [0.15, 0.2) is 0 Å². The first-order valence-electron chi connectivity index (χ1n) is 12.7. The molecule has 3 aromatic carbocycles. The number of benzene rings is 3. The molecule has 1 saturated heterocycles. The van der Waals surface area contributed by atoms with Crippen molar-refractivity contribution in [3.63, 3.8) is 0 Å². The Balaban J connectivity index is 1.47. The van der Waals surface area contributed by atoms with E-state index in [1.165, 1.54) is 5.56 Å². The van der Waals surface area contributed by atoms with E-state index < -0.39 is 5.41 Å². The lowest BCUT2D eigenvalue weighted by Gasteiger charge is -2.34. The molecule has 0 N–H and O–H groups in total. The van der Waals surface area contributed by atoms with E-state index in [0.717, 1.165) is 28.3 Å². The van der Waals surface area contributed by atoms with Gasteiger partial charge in [0, 0.05) is 18.3 Å². The van der Waals surface area contributed by atoms with Gasteiger partial charge in [-0.2, -0.15) is 0 Å². The van der Waals surface area contributed by atoms with Crippen molar-refractivity contribution in [2.45, 2.75) is 37.0 Å². The number of rotatable bonds is 7. The number of likely N-dealkylation sites (tertiary alicyclic amines) is 1. The number of amides is 1. The van der Waals surface area contributed by atoms with E-state index in [4.69, 9.17) is 9.15 Å². The average molecular weight is 491 g/mol. The van der Waals surface area contributed by atoms with Gasteiger partial charge in [-0.15, -0.1) is 6.58 Å². The molecule has 0 radical (unpaired) electrons. The second kappa shape index (κ2) is 9.41. The second-order valence-electron chi connectivity index (χ2n) is 9.81. The van der Waals surface area contributed by atoms with Crippen LogP contribution >= 0.6 is 0 Å². The minimum atomic E-state index is -0.783. The molecule has 1 amide bonds. The smallest absolute Gasteiger partial charge is 0.240 e. The van der Waals surface area contributed by atoms with Crippen LogP contribution in [0, 0.1) is 0 Å². The Morgan fingerprint density at radius 3 is 2.38 bits per heavy atom. The summed E-state index contributed by atoms with van der Waals surface area (Å²) < 4.78 is 11.4. The largest absolute Gasteiger partial charge is 0.497 e. The van der Waals surface area contributed by atoms with Gasteiger partial charge in [-0.25, -0.2) is 0 Å². The van der Waals surface area contributed by atoms with Crippen LogP contribution < -0.4 is 9.64 Å². The van der Waals surface area contributed by atoms with Gasteiger partial charge in [-0.3, -0.25) is 9.69 Å². The summed E-state index contributed by atoms with van der Waals surface area (Å²) in [5.74, 6) is 1.70. The molecule has 3 heterocycles. The van der Waals surface area contributed by atoms with Crippen molar-refractivity contribution in [2.75, 3.05) is 12.0 Å². The van der Waals surface area contributed by atoms with Crippen molar-refractivity contribution < 1.29 is 13.9 Å². The summed E-state index contributed by atoms with van der Waals surface area (Å²) in [4.78, 5) is 19.0. The van der Waals surface area contributed by atoms with E-state index in [9.17, 15) is 4.79 Å². The van der Waals surface area contributed by atoms with Gasteiger partial charge in [-0.1, -0.05) is 66.7 Å². The zero-order valence-corrected chi connectivity index (χ0v) is 20.9. The molecule has 2 aliphatic heterocycles.